The molecule has 124 valence electrons. The second-order valence-electron chi connectivity index (χ2n) is 7.32. The number of amides is 2. The zero-order valence-corrected chi connectivity index (χ0v) is 14.3. The Morgan fingerprint density at radius 2 is 1.91 bits per heavy atom. The molecule has 0 bridgehead atoms. The SMILES string of the molecule is C=CC[C@@](C)(C(=O)N1C(=O)OC[C@@H]1C(C)(C)C)c1ccccc1. The predicted octanol–water partition coefficient (Wildman–Crippen LogP) is 3.91. The van der Waals surface area contributed by atoms with E-state index in [-0.39, 0.29) is 24.0 Å². The zero-order chi connectivity index (χ0) is 17.3. The minimum atomic E-state index is -0.837. The molecule has 23 heavy (non-hydrogen) atoms. The summed E-state index contributed by atoms with van der Waals surface area (Å²) >= 11 is 0. The lowest BCUT2D eigenvalue weighted by atomic mass is 9.77. The molecule has 0 aromatic heterocycles. The summed E-state index contributed by atoms with van der Waals surface area (Å²) in [5, 5.41) is 0. The molecular weight excluding hydrogens is 290 g/mol. The second kappa shape index (κ2) is 6.19. The molecular formula is C19H25NO3. The van der Waals surface area contributed by atoms with E-state index < -0.39 is 11.5 Å². The van der Waals surface area contributed by atoms with Crippen LogP contribution in [-0.4, -0.2) is 29.5 Å². The van der Waals surface area contributed by atoms with Crippen LogP contribution in [0.1, 0.15) is 39.7 Å². The average Bonchev–Trinajstić information content (AvgIpc) is 2.89. The smallest absolute Gasteiger partial charge is 0.417 e. The Morgan fingerprint density at radius 1 is 1.30 bits per heavy atom. The summed E-state index contributed by atoms with van der Waals surface area (Å²) in [4.78, 5) is 26.8. The Bertz CT molecular complexity index is 603. The Morgan fingerprint density at radius 3 is 2.43 bits per heavy atom. The molecule has 2 atom stereocenters. The molecule has 1 aromatic rings. The lowest BCUT2D eigenvalue weighted by Gasteiger charge is -2.37. The van der Waals surface area contributed by atoms with Crippen molar-refractivity contribution in [2.45, 2.75) is 45.6 Å². The molecule has 1 fully saturated rings. The highest BCUT2D eigenvalue weighted by Gasteiger charge is 2.49. The van der Waals surface area contributed by atoms with Gasteiger partial charge in [0.1, 0.15) is 6.61 Å². The summed E-state index contributed by atoms with van der Waals surface area (Å²) in [7, 11) is 0. The first-order valence-corrected chi connectivity index (χ1v) is 7.88. The first kappa shape index (κ1) is 17.3. The van der Waals surface area contributed by atoms with Crippen molar-refractivity contribution in [2.24, 2.45) is 5.41 Å². The van der Waals surface area contributed by atoms with E-state index in [1.165, 1.54) is 4.90 Å². The molecule has 0 aliphatic carbocycles. The first-order valence-electron chi connectivity index (χ1n) is 7.88. The summed E-state index contributed by atoms with van der Waals surface area (Å²) < 4.78 is 5.18. The van der Waals surface area contributed by atoms with Crippen LogP contribution in [0.15, 0.2) is 43.0 Å². The molecule has 0 spiro atoms. The van der Waals surface area contributed by atoms with Crippen molar-refractivity contribution in [3.05, 3.63) is 48.6 Å². The zero-order valence-electron chi connectivity index (χ0n) is 14.3. The largest absolute Gasteiger partial charge is 0.447 e. The van der Waals surface area contributed by atoms with Crippen molar-refractivity contribution in [3.8, 4) is 0 Å². The number of allylic oxidation sites excluding steroid dienone is 1. The third kappa shape index (κ3) is 3.16. The highest BCUT2D eigenvalue weighted by molar-refractivity contribution is 5.99. The third-order valence-corrected chi connectivity index (χ3v) is 4.53. The number of cyclic esters (lactones) is 1. The summed E-state index contributed by atoms with van der Waals surface area (Å²) in [5.41, 5.74) is -0.207. The molecule has 4 heteroatoms. The van der Waals surface area contributed by atoms with Gasteiger partial charge in [0, 0.05) is 0 Å². The number of hydrogen-bond donors (Lipinski definition) is 0. The summed E-state index contributed by atoms with van der Waals surface area (Å²) in [6.45, 7) is 11.9. The van der Waals surface area contributed by atoms with Crippen LogP contribution in [0.4, 0.5) is 4.79 Å². The Hall–Kier alpha value is -2.10. The van der Waals surface area contributed by atoms with E-state index in [0.717, 1.165) is 5.56 Å². The van der Waals surface area contributed by atoms with Gasteiger partial charge in [-0.15, -0.1) is 6.58 Å². The van der Waals surface area contributed by atoms with Gasteiger partial charge in [0.2, 0.25) is 5.91 Å². The molecule has 0 radical (unpaired) electrons. The van der Waals surface area contributed by atoms with E-state index in [2.05, 4.69) is 6.58 Å². The lowest BCUT2D eigenvalue weighted by Crippen LogP contribution is -2.52. The van der Waals surface area contributed by atoms with Crippen molar-refractivity contribution in [2.75, 3.05) is 6.61 Å². The van der Waals surface area contributed by atoms with Gasteiger partial charge in [-0.3, -0.25) is 4.79 Å². The molecule has 0 saturated carbocycles. The lowest BCUT2D eigenvalue weighted by molar-refractivity contribution is -0.136. The minimum Gasteiger partial charge on any atom is -0.447 e. The highest BCUT2D eigenvalue weighted by atomic mass is 16.6. The van der Waals surface area contributed by atoms with Gasteiger partial charge >= 0.3 is 6.09 Å². The average molecular weight is 315 g/mol. The maximum atomic E-state index is 13.3. The molecule has 1 aromatic carbocycles. The van der Waals surface area contributed by atoms with E-state index in [9.17, 15) is 9.59 Å². The fourth-order valence-electron chi connectivity index (χ4n) is 2.97. The Kier molecular flexibility index (Phi) is 4.64. The monoisotopic (exact) mass is 315 g/mol. The molecule has 1 saturated heterocycles. The molecule has 1 heterocycles. The maximum absolute atomic E-state index is 13.3. The number of carbonyl (C=O) groups is 2. The van der Waals surface area contributed by atoms with Crippen LogP contribution in [0.25, 0.3) is 0 Å². The fourth-order valence-corrected chi connectivity index (χ4v) is 2.97. The third-order valence-electron chi connectivity index (χ3n) is 4.53. The molecule has 1 aliphatic rings. The van der Waals surface area contributed by atoms with Crippen LogP contribution in [0.3, 0.4) is 0 Å². The van der Waals surface area contributed by atoms with Gasteiger partial charge in [-0.1, -0.05) is 57.2 Å². The van der Waals surface area contributed by atoms with Crippen LogP contribution in [0.2, 0.25) is 0 Å². The van der Waals surface area contributed by atoms with Gasteiger partial charge in [-0.2, -0.15) is 0 Å². The van der Waals surface area contributed by atoms with Crippen LogP contribution in [0, 0.1) is 5.41 Å². The summed E-state index contributed by atoms with van der Waals surface area (Å²) in [6.07, 6.45) is 1.62. The van der Waals surface area contributed by atoms with Crippen LogP contribution >= 0.6 is 0 Å². The predicted molar refractivity (Wildman–Crippen MR) is 90.0 cm³/mol. The van der Waals surface area contributed by atoms with Gasteiger partial charge in [-0.05, 0) is 24.3 Å². The fraction of sp³-hybridized carbons (Fsp3) is 0.474. The van der Waals surface area contributed by atoms with E-state index in [4.69, 9.17) is 4.74 Å². The number of nitrogens with zero attached hydrogens (tertiary/aromatic N) is 1. The molecule has 2 rings (SSSR count). The molecule has 0 unspecified atom stereocenters. The number of ether oxygens (including phenoxy) is 1. The molecule has 0 N–H and O–H groups in total. The number of benzene rings is 1. The number of imide groups is 1. The van der Waals surface area contributed by atoms with Crippen LogP contribution in [-0.2, 0) is 14.9 Å². The molecule has 4 nitrogen and oxygen atoms in total. The van der Waals surface area contributed by atoms with E-state index in [1.54, 1.807) is 6.08 Å². The van der Waals surface area contributed by atoms with Crippen LogP contribution < -0.4 is 0 Å². The van der Waals surface area contributed by atoms with E-state index in [0.29, 0.717) is 6.42 Å². The Labute approximate surface area is 138 Å². The van der Waals surface area contributed by atoms with Gasteiger partial charge in [0.05, 0.1) is 11.5 Å². The summed E-state index contributed by atoms with van der Waals surface area (Å²) in [6, 6.07) is 9.25. The Balaban J connectivity index is 2.45. The second-order valence-corrected chi connectivity index (χ2v) is 7.32. The maximum Gasteiger partial charge on any atom is 0.417 e. The number of carbonyl (C=O) groups excluding carboxylic acids is 2. The minimum absolute atomic E-state index is 0.231. The van der Waals surface area contributed by atoms with E-state index >= 15 is 0 Å². The number of rotatable bonds is 4. The number of hydrogen-bond acceptors (Lipinski definition) is 3. The van der Waals surface area contributed by atoms with Gasteiger partial charge in [-0.25, -0.2) is 9.69 Å². The topological polar surface area (TPSA) is 46.6 Å². The van der Waals surface area contributed by atoms with Gasteiger partial charge in [0.15, 0.2) is 0 Å². The quantitative estimate of drug-likeness (QED) is 0.791. The van der Waals surface area contributed by atoms with Crippen molar-refractivity contribution in [1.82, 2.24) is 4.90 Å². The molecule has 2 amide bonds. The van der Waals surface area contributed by atoms with Gasteiger partial charge < -0.3 is 4.74 Å². The van der Waals surface area contributed by atoms with Crippen molar-refractivity contribution in [3.63, 3.8) is 0 Å². The van der Waals surface area contributed by atoms with Crippen molar-refractivity contribution in [1.29, 1.82) is 0 Å². The van der Waals surface area contributed by atoms with Gasteiger partial charge in [0.25, 0.3) is 0 Å². The normalized spacial score (nSPS) is 20.8. The van der Waals surface area contributed by atoms with E-state index in [1.807, 2.05) is 58.0 Å². The summed E-state index contributed by atoms with van der Waals surface area (Å²) in [5.74, 6) is -0.231. The van der Waals surface area contributed by atoms with Crippen molar-refractivity contribution >= 4 is 12.0 Å². The molecule has 1 aliphatic heterocycles. The highest BCUT2D eigenvalue weighted by Crippen LogP contribution is 2.36. The first-order chi connectivity index (χ1) is 10.7. The standard InChI is InChI=1S/C19H25NO3/c1-6-12-19(5,14-10-8-7-9-11-14)16(21)20-15(18(2,3)4)13-23-17(20)22/h6-11,15H,1,12-13H2,2-5H3/t15-,19-/m1/s1. The van der Waals surface area contributed by atoms with Crippen LogP contribution in [0.5, 0.6) is 0 Å². The van der Waals surface area contributed by atoms with Crippen molar-refractivity contribution < 1.29 is 14.3 Å².